The van der Waals surface area contributed by atoms with Crippen molar-refractivity contribution in [3.63, 3.8) is 0 Å². The van der Waals surface area contributed by atoms with Gasteiger partial charge in [-0.3, -0.25) is 19.2 Å². The standard InChI is InChI=1S/C32H51NO7/c1-31(2,3)40-26(36)17-22-19-39-14-10-8-6-7-9-11-21(29(37)25(35)15-20-12-13-20)16-24(34)28-27-23(32(27,4)5)18-33(28)30(22)38/h20-23,27-29,37H,6-19H2,1-5H3/t21-,22+,23+,27+,28-,29?/m1/s1. The second kappa shape index (κ2) is 12.6. The van der Waals surface area contributed by atoms with E-state index < -0.39 is 35.6 Å². The van der Waals surface area contributed by atoms with Crippen LogP contribution in [0, 0.1) is 35.0 Å². The van der Waals surface area contributed by atoms with E-state index in [1.54, 1.807) is 25.7 Å². The zero-order valence-electron chi connectivity index (χ0n) is 25.3. The molecule has 226 valence electrons. The van der Waals surface area contributed by atoms with Gasteiger partial charge >= 0.3 is 5.97 Å². The summed E-state index contributed by atoms with van der Waals surface area (Å²) in [5, 5.41) is 11.1. The van der Waals surface area contributed by atoms with Crippen molar-refractivity contribution in [3.8, 4) is 0 Å². The molecular weight excluding hydrogens is 510 g/mol. The van der Waals surface area contributed by atoms with E-state index in [1.807, 2.05) is 0 Å². The Balaban J connectivity index is 1.55. The number of aliphatic hydroxyl groups excluding tert-OH is 1. The number of nitrogens with zero attached hydrogens (tertiary/aromatic N) is 1. The Labute approximate surface area is 239 Å². The van der Waals surface area contributed by atoms with Gasteiger partial charge in [-0.05, 0) is 75.5 Å². The summed E-state index contributed by atoms with van der Waals surface area (Å²) in [5.41, 5.74) is -0.713. The highest BCUT2D eigenvalue weighted by molar-refractivity contribution is 5.93. The topological polar surface area (TPSA) is 110 Å². The molecule has 4 aliphatic rings. The Morgan fingerprint density at radius 1 is 1.05 bits per heavy atom. The van der Waals surface area contributed by atoms with Crippen LogP contribution in [0.1, 0.15) is 105 Å². The van der Waals surface area contributed by atoms with Gasteiger partial charge in [0.2, 0.25) is 5.91 Å². The number of Topliss-reactive ketones (excluding diaryl/α,β-unsaturated/α-hetero) is 2. The number of aliphatic hydroxyl groups is 1. The molecular formula is C32H51NO7. The van der Waals surface area contributed by atoms with Gasteiger partial charge in [0.25, 0.3) is 0 Å². The maximum Gasteiger partial charge on any atom is 0.307 e. The Morgan fingerprint density at radius 2 is 1.73 bits per heavy atom. The monoisotopic (exact) mass is 561 g/mol. The second-order valence-corrected chi connectivity index (χ2v) is 14.5. The number of ether oxygens (including phenoxy) is 2. The predicted molar refractivity (Wildman–Crippen MR) is 150 cm³/mol. The Bertz CT molecular complexity index is 949. The maximum absolute atomic E-state index is 14.0. The first-order valence-electron chi connectivity index (χ1n) is 15.6. The number of carbonyl (C=O) groups is 4. The summed E-state index contributed by atoms with van der Waals surface area (Å²) in [6, 6.07) is -0.602. The molecule has 2 saturated heterocycles. The van der Waals surface area contributed by atoms with Crippen LogP contribution in [0.15, 0.2) is 0 Å². The molecule has 40 heavy (non-hydrogen) atoms. The maximum atomic E-state index is 14.0. The quantitative estimate of drug-likeness (QED) is 0.476. The van der Waals surface area contributed by atoms with Gasteiger partial charge in [-0.25, -0.2) is 0 Å². The molecule has 1 N–H and O–H groups in total. The SMILES string of the molecule is CC(C)(C)OC(=O)C[C@H]1COCCCCCCC[C@@H](C(O)C(=O)CC2CC2)CC(=O)[C@@H]2[C@@H]3[C@H](CN2C1=O)C3(C)C. The number of amides is 1. The highest BCUT2D eigenvalue weighted by atomic mass is 16.6. The van der Waals surface area contributed by atoms with Crippen molar-refractivity contribution in [2.24, 2.45) is 35.0 Å². The summed E-state index contributed by atoms with van der Waals surface area (Å²) in [7, 11) is 0. The Hall–Kier alpha value is -1.80. The first-order chi connectivity index (χ1) is 18.8. The third-order valence-corrected chi connectivity index (χ3v) is 9.61. The van der Waals surface area contributed by atoms with E-state index in [9.17, 15) is 24.3 Å². The number of hydrogen-bond donors (Lipinski definition) is 1. The van der Waals surface area contributed by atoms with Gasteiger partial charge in [-0.2, -0.15) is 0 Å². The van der Waals surface area contributed by atoms with Crippen molar-refractivity contribution in [1.29, 1.82) is 0 Å². The van der Waals surface area contributed by atoms with Crippen LogP contribution in [-0.2, 0) is 28.7 Å². The largest absolute Gasteiger partial charge is 0.460 e. The molecule has 1 amide bonds. The van der Waals surface area contributed by atoms with Crippen molar-refractivity contribution < 1.29 is 33.8 Å². The van der Waals surface area contributed by atoms with Crippen molar-refractivity contribution in [1.82, 2.24) is 4.90 Å². The molecule has 8 heteroatoms. The molecule has 0 aromatic carbocycles. The van der Waals surface area contributed by atoms with E-state index >= 15 is 0 Å². The van der Waals surface area contributed by atoms with E-state index in [2.05, 4.69) is 13.8 Å². The second-order valence-electron chi connectivity index (χ2n) is 14.5. The van der Waals surface area contributed by atoms with Crippen molar-refractivity contribution in [2.45, 2.75) is 123 Å². The molecule has 2 aliphatic heterocycles. The average Bonchev–Trinajstić information content (AvgIpc) is 3.70. The van der Waals surface area contributed by atoms with Gasteiger partial charge in [0.05, 0.1) is 25.0 Å². The molecule has 0 radical (unpaired) electrons. The average molecular weight is 562 g/mol. The summed E-state index contributed by atoms with van der Waals surface area (Å²) >= 11 is 0. The minimum absolute atomic E-state index is 0.0471. The van der Waals surface area contributed by atoms with Crippen LogP contribution in [0.5, 0.6) is 0 Å². The molecule has 2 heterocycles. The first kappa shape index (κ1) is 31.1. The molecule has 4 rings (SSSR count). The van der Waals surface area contributed by atoms with Crippen molar-refractivity contribution in [2.75, 3.05) is 19.8 Å². The van der Waals surface area contributed by atoms with Crippen LogP contribution < -0.4 is 0 Å². The molecule has 0 bridgehead atoms. The number of ketones is 2. The van der Waals surface area contributed by atoms with E-state index in [0.29, 0.717) is 31.9 Å². The zero-order valence-corrected chi connectivity index (χ0v) is 25.3. The predicted octanol–water partition coefficient (Wildman–Crippen LogP) is 4.49. The number of carbonyl (C=O) groups excluding carboxylic acids is 4. The van der Waals surface area contributed by atoms with E-state index in [4.69, 9.17) is 9.47 Å². The third-order valence-electron chi connectivity index (χ3n) is 9.61. The summed E-state index contributed by atoms with van der Waals surface area (Å²) in [6.07, 6.45) is 6.63. The van der Waals surface area contributed by atoms with E-state index in [1.165, 1.54) is 0 Å². The summed E-state index contributed by atoms with van der Waals surface area (Å²) in [4.78, 5) is 55.3. The van der Waals surface area contributed by atoms with Crippen LogP contribution in [-0.4, -0.2) is 71.0 Å². The van der Waals surface area contributed by atoms with Gasteiger partial charge in [0.15, 0.2) is 11.6 Å². The number of rotatable bonds is 6. The van der Waals surface area contributed by atoms with Crippen LogP contribution in [0.25, 0.3) is 0 Å². The van der Waals surface area contributed by atoms with Crippen LogP contribution in [0.2, 0.25) is 0 Å². The normalized spacial score (nSPS) is 32.6. The number of hydrogen-bond acceptors (Lipinski definition) is 7. The van der Waals surface area contributed by atoms with Crippen LogP contribution >= 0.6 is 0 Å². The first-order valence-corrected chi connectivity index (χ1v) is 15.6. The molecule has 0 spiro atoms. The number of piperidine rings is 1. The van der Waals surface area contributed by atoms with Crippen LogP contribution in [0.4, 0.5) is 0 Å². The zero-order chi connectivity index (χ0) is 29.2. The summed E-state index contributed by atoms with van der Waals surface area (Å²) < 4.78 is 11.4. The third kappa shape index (κ3) is 7.72. The fraction of sp³-hybridized carbons (Fsp3) is 0.875. The smallest absolute Gasteiger partial charge is 0.307 e. The fourth-order valence-corrected chi connectivity index (χ4v) is 7.03. The lowest BCUT2D eigenvalue weighted by Gasteiger charge is -2.34. The minimum Gasteiger partial charge on any atom is -0.460 e. The number of esters is 1. The molecule has 2 aliphatic carbocycles. The molecule has 2 saturated carbocycles. The highest BCUT2D eigenvalue weighted by Gasteiger charge is 2.69. The molecule has 6 atom stereocenters. The van der Waals surface area contributed by atoms with Gasteiger partial charge in [-0.15, -0.1) is 0 Å². The van der Waals surface area contributed by atoms with Crippen molar-refractivity contribution in [3.05, 3.63) is 0 Å². The number of fused-ring (bicyclic) bond motifs is 3. The minimum atomic E-state index is -1.13. The van der Waals surface area contributed by atoms with Gasteiger partial charge in [-0.1, -0.05) is 39.5 Å². The molecule has 0 aromatic heterocycles. The van der Waals surface area contributed by atoms with Gasteiger partial charge in [0, 0.05) is 26.0 Å². The summed E-state index contributed by atoms with van der Waals surface area (Å²) in [5.74, 6) is -1.40. The lowest BCUT2D eigenvalue weighted by molar-refractivity contribution is -0.160. The molecule has 1 unspecified atom stereocenters. The van der Waals surface area contributed by atoms with E-state index in [-0.39, 0.29) is 54.2 Å². The van der Waals surface area contributed by atoms with Crippen molar-refractivity contribution >= 4 is 23.4 Å². The summed E-state index contributed by atoms with van der Waals surface area (Å²) in [6.45, 7) is 10.8. The van der Waals surface area contributed by atoms with Crippen LogP contribution in [0.3, 0.4) is 0 Å². The Kier molecular flexibility index (Phi) is 9.81. The highest BCUT2D eigenvalue weighted by Crippen LogP contribution is 2.65. The van der Waals surface area contributed by atoms with E-state index in [0.717, 1.165) is 44.9 Å². The fourth-order valence-electron chi connectivity index (χ4n) is 7.03. The lowest BCUT2D eigenvalue weighted by Crippen LogP contribution is -2.49. The molecule has 0 aromatic rings. The Morgan fingerprint density at radius 3 is 2.40 bits per heavy atom. The van der Waals surface area contributed by atoms with Gasteiger partial charge in [0.1, 0.15) is 11.7 Å². The molecule has 4 fully saturated rings. The molecule has 8 nitrogen and oxygen atoms in total. The van der Waals surface area contributed by atoms with Gasteiger partial charge < -0.3 is 19.5 Å². The lowest BCUT2D eigenvalue weighted by atomic mass is 9.84.